The maximum absolute atomic E-state index is 6.24. The summed E-state index contributed by atoms with van der Waals surface area (Å²) in [4.78, 5) is 4.18. The molecular weight excluding hydrogens is 274 g/mol. The summed E-state index contributed by atoms with van der Waals surface area (Å²) in [5, 5.41) is 4.66. The summed E-state index contributed by atoms with van der Waals surface area (Å²) in [6, 6.07) is 11.3. The van der Waals surface area contributed by atoms with Gasteiger partial charge < -0.3 is 10.3 Å². The molecule has 0 bridgehead atoms. The van der Waals surface area contributed by atoms with Gasteiger partial charge in [-0.15, -0.1) is 0 Å². The highest BCUT2D eigenvalue weighted by Crippen LogP contribution is 2.39. The Morgan fingerprint density at radius 1 is 1.20 bits per heavy atom. The minimum Gasteiger partial charge on any atom is -0.367 e. The molecule has 0 aliphatic heterocycles. The molecule has 0 aliphatic rings. The zero-order valence-corrected chi connectivity index (χ0v) is 11.6. The summed E-state index contributed by atoms with van der Waals surface area (Å²) in [6.07, 6.45) is 1.73. The van der Waals surface area contributed by atoms with Gasteiger partial charge in [-0.25, -0.2) is 0 Å². The lowest BCUT2D eigenvalue weighted by Crippen LogP contribution is -1.89. The fourth-order valence-corrected chi connectivity index (χ4v) is 2.35. The molecule has 4 nitrogen and oxygen atoms in total. The number of nitrogens with two attached hydrogens (primary N) is 1. The highest BCUT2D eigenvalue weighted by Gasteiger charge is 2.19. The third-order valence-electron chi connectivity index (χ3n) is 3.03. The van der Waals surface area contributed by atoms with E-state index in [4.69, 9.17) is 21.9 Å². The molecule has 0 unspecified atom stereocenters. The smallest absolute Gasteiger partial charge is 0.230 e. The maximum Gasteiger partial charge on any atom is 0.230 e. The van der Waals surface area contributed by atoms with Crippen molar-refractivity contribution in [2.24, 2.45) is 0 Å². The van der Waals surface area contributed by atoms with Crippen LogP contribution in [0.3, 0.4) is 0 Å². The summed E-state index contributed by atoms with van der Waals surface area (Å²) in [6.45, 7) is 1.92. The number of hydrogen-bond donors (Lipinski definition) is 1. The number of halogens is 1. The molecule has 5 heteroatoms. The third kappa shape index (κ3) is 2.14. The first-order valence-electron chi connectivity index (χ1n) is 6.10. The van der Waals surface area contributed by atoms with Gasteiger partial charge in [-0.3, -0.25) is 4.98 Å². The molecule has 0 fully saturated rings. The maximum atomic E-state index is 6.24. The molecule has 0 saturated carbocycles. The van der Waals surface area contributed by atoms with Crippen LogP contribution in [0.4, 0.5) is 5.88 Å². The number of aryl methyl sites for hydroxylation is 1. The van der Waals surface area contributed by atoms with E-state index in [0.717, 1.165) is 16.8 Å². The lowest BCUT2D eigenvalue weighted by molar-refractivity contribution is 0.439. The van der Waals surface area contributed by atoms with Gasteiger partial charge in [-0.1, -0.05) is 35.0 Å². The van der Waals surface area contributed by atoms with Gasteiger partial charge in [0, 0.05) is 28.0 Å². The molecule has 2 heterocycles. The molecule has 0 aliphatic carbocycles. The van der Waals surface area contributed by atoms with E-state index in [9.17, 15) is 0 Å². The van der Waals surface area contributed by atoms with Gasteiger partial charge in [-0.05, 0) is 25.1 Å². The summed E-state index contributed by atoms with van der Waals surface area (Å²) >= 11 is 6.24. The van der Waals surface area contributed by atoms with E-state index in [0.29, 0.717) is 16.3 Å². The monoisotopic (exact) mass is 285 g/mol. The van der Waals surface area contributed by atoms with Crippen molar-refractivity contribution in [3.05, 3.63) is 53.3 Å². The van der Waals surface area contributed by atoms with Gasteiger partial charge in [0.15, 0.2) is 0 Å². The van der Waals surface area contributed by atoms with Gasteiger partial charge in [0.05, 0.1) is 5.56 Å². The van der Waals surface area contributed by atoms with Gasteiger partial charge in [0.25, 0.3) is 0 Å². The van der Waals surface area contributed by atoms with Gasteiger partial charge in [-0.2, -0.15) is 0 Å². The summed E-state index contributed by atoms with van der Waals surface area (Å²) in [5.41, 5.74) is 9.89. The van der Waals surface area contributed by atoms with Crippen LogP contribution >= 0.6 is 11.6 Å². The first kappa shape index (κ1) is 12.7. The zero-order chi connectivity index (χ0) is 14.1. The van der Waals surface area contributed by atoms with E-state index in [1.807, 2.05) is 43.3 Å². The van der Waals surface area contributed by atoms with Crippen molar-refractivity contribution in [2.75, 3.05) is 5.73 Å². The predicted molar refractivity (Wildman–Crippen MR) is 79.3 cm³/mol. The molecule has 0 atom stereocenters. The lowest BCUT2D eigenvalue weighted by Gasteiger charge is -2.05. The van der Waals surface area contributed by atoms with Crippen LogP contribution in [0, 0.1) is 6.92 Å². The molecule has 1 aromatic carbocycles. The molecule has 20 heavy (non-hydrogen) atoms. The summed E-state index contributed by atoms with van der Waals surface area (Å²) < 4.78 is 5.15. The van der Waals surface area contributed by atoms with Crippen molar-refractivity contribution in [1.82, 2.24) is 10.1 Å². The molecule has 100 valence electrons. The second-order valence-corrected chi connectivity index (χ2v) is 4.84. The van der Waals surface area contributed by atoms with E-state index in [1.165, 1.54) is 0 Å². The number of hydrogen-bond acceptors (Lipinski definition) is 4. The molecule has 0 radical (unpaired) electrons. The van der Waals surface area contributed by atoms with Crippen molar-refractivity contribution in [3.8, 4) is 22.4 Å². The third-order valence-corrected chi connectivity index (χ3v) is 3.36. The number of anilines is 1. The van der Waals surface area contributed by atoms with Crippen molar-refractivity contribution in [1.29, 1.82) is 0 Å². The minimum atomic E-state index is 0.252. The Morgan fingerprint density at radius 3 is 2.75 bits per heavy atom. The van der Waals surface area contributed by atoms with Crippen LogP contribution in [0.2, 0.25) is 5.02 Å². The number of pyridine rings is 1. The fourth-order valence-electron chi connectivity index (χ4n) is 2.12. The van der Waals surface area contributed by atoms with Crippen LogP contribution in [-0.4, -0.2) is 10.1 Å². The fraction of sp³-hybridized carbons (Fsp3) is 0.0667. The zero-order valence-electron chi connectivity index (χ0n) is 10.8. The average molecular weight is 286 g/mol. The topological polar surface area (TPSA) is 64.9 Å². The standard InChI is InChI=1S/C15H12ClN3O/c1-9-8-10(6-7-18-9)14-13(15(17)20-19-14)11-4-2-3-5-12(11)16/h2-8H,17H2,1H3. The van der Waals surface area contributed by atoms with E-state index in [1.54, 1.807) is 6.20 Å². The van der Waals surface area contributed by atoms with Gasteiger partial charge >= 0.3 is 0 Å². The number of aromatic nitrogens is 2. The highest BCUT2D eigenvalue weighted by atomic mass is 35.5. The van der Waals surface area contributed by atoms with Crippen LogP contribution in [0.25, 0.3) is 22.4 Å². The Bertz CT molecular complexity index is 767. The molecule has 0 amide bonds. The van der Waals surface area contributed by atoms with Crippen LogP contribution in [-0.2, 0) is 0 Å². The first-order chi connectivity index (χ1) is 9.66. The molecule has 3 aromatic rings. The first-order valence-corrected chi connectivity index (χ1v) is 6.47. The van der Waals surface area contributed by atoms with E-state index in [-0.39, 0.29) is 5.88 Å². The Kier molecular flexibility index (Phi) is 3.16. The van der Waals surface area contributed by atoms with E-state index >= 15 is 0 Å². The lowest BCUT2D eigenvalue weighted by atomic mass is 10.0. The molecular formula is C15H12ClN3O. The molecule has 3 rings (SSSR count). The summed E-state index contributed by atoms with van der Waals surface area (Å²) in [5.74, 6) is 0.252. The Balaban J connectivity index is 2.23. The SMILES string of the molecule is Cc1cc(-c2noc(N)c2-c2ccccc2Cl)ccn1. The molecule has 0 saturated heterocycles. The van der Waals surface area contributed by atoms with Gasteiger partial charge in [0.1, 0.15) is 5.69 Å². The quantitative estimate of drug-likeness (QED) is 0.774. The van der Waals surface area contributed by atoms with Crippen molar-refractivity contribution in [2.45, 2.75) is 6.92 Å². The molecule has 2 aromatic heterocycles. The number of nitrogens with zero attached hydrogens (tertiary/aromatic N) is 2. The number of benzene rings is 1. The average Bonchev–Trinajstić information content (AvgIpc) is 2.81. The Labute approximate surface area is 121 Å². The van der Waals surface area contributed by atoms with Crippen LogP contribution in [0.5, 0.6) is 0 Å². The molecule has 0 spiro atoms. The normalized spacial score (nSPS) is 10.7. The second-order valence-electron chi connectivity index (χ2n) is 4.44. The number of nitrogen functional groups attached to an aromatic ring is 1. The van der Waals surface area contributed by atoms with Crippen molar-refractivity contribution >= 4 is 17.5 Å². The predicted octanol–water partition coefficient (Wildman–Crippen LogP) is 3.95. The molecule has 2 N–H and O–H groups in total. The minimum absolute atomic E-state index is 0.252. The Morgan fingerprint density at radius 2 is 2.00 bits per heavy atom. The van der Waals surface area contributed by atoms with E-state index in [2.05, 4.69) is 10.1 Å². The van der Waals surface area contributed by atoms with Crippen LogP contribution in [0.15, 0.2) is 47.1 Å². The van der Waals surface area contributed by atoms with Crippen molar-refractivity contribution in [3.63, 3.8) is 0 Å². The Hall–Kier alpha value is -2.33. The van der Waals surface area contributed by atoms with Crippen LogP contribution < -0.4 is 5.73 Å². The van der Waals surface area contributed by atoms with Crippen LogP contribution in [0.1, 0.15) is 5.69 Å². The number of rotatable bonds is 2. The highest BCUT2D eigenvalue weighted by molar-refractivity contribution is 6.33. The van der Waals surface area contributed by atoms with Gasteiger partial charge in [0.2, 0.25) is 5.88 Å². The largest absolute Gasteiger partial charge is 0.367 e. The van der Waals surface area contributed by atoms with Crippen molar-refractivity contribution < 1.29 is 4.52 Å². The second kappa shape index (κ2) is 4.98. The summed E-state index contributed by atoms with van der Waals surface area (Å²) in [7, 11) is 0. The van der Waals surface area contributed by atoms with E-state index < -0.39 is 0 Å².